The van der Waals surface area contributed by atoms with E-state index in [1.807, 2.05) is 25.1 Å². The van der Waals surface area contributed by atoms with Crippen LogP contribution in [0.25, 0.3) is 0 Å². The maximum absolute atomic E-state index is 11.7. The van der Waals surface area contributed by atoms with Crippen molar-refractivity contribution < 1.29 is 8.42 Å². The number of benzene rings is 1. The van der Waals surface area contributed by atoms with Crippen LogP contribution < -0.4 is 4.72 Å². The molecule has 0 bridgehead atoms. The molecule has 0 saturated heterocycles. The fourth-order valence-electron chi connectivity index (χ4n) is 1.37. The number of hydrogen-bond donors (Lipinski definition) is 1. The second kappa shape index (κ2) is 5.96. The monoisotopic (exact) mass is 267 g/mol. The Hall–Kier alpha value is -1.42. The molecule has 1 aromatic carbocycles. The zero-order valence-electron chi connectivity index (χ0n) is 10.7. The predicted octanol–water partition coefficient (Wildman–Crippen LogP) is 1.21. The Bertz CT molecular complexity index is 529. The second-order valence-electron chi connectivity index (χ2n) is 4.06. The summed E-state index contributed by atoms with van der Waals surface area (Å²) in [7, 11) is -0.785. The molecule has 1 rings (SSSR count). The van der Waals surface area contributed by atoms with Gasteiger partial charge in [0.05, 0.1) is 6.07 Å². The van der Waals surface area contributed by atoms with Gasteiger partial charge in [-0.05, 0) is 17.5 Å². The molecule has 0 aliphatic rings. The summed E-state index contributed by atoms with van der Waals surface area (Å²) >= 11 is 0. The molecule has 0 aromatic heterocycles. The molecule has 1 unspecified atom stereocenters. The molecule has 98 valence electrons. The molecule has 0 aliphatic heterocycles. The fourth-order valence-corrected chi connectivity index (χ4v) is 2.07. The molecule has 6 heteroatoms. The average molecular weight is 267 g/mol. The van der Waals surface area contributed by atoms with Gasteiger partial charge in [0.15, 0.2) is 0 Å². The highest BCUT2D eigenvalue weighted by atomic mass is 32.2. The summed E-state index contributed by atoms with van der Waals surface area (Å²) in [6, 6.07) is 8.40. The standard InChI is InChI=1S/C12H17N3O2S/c1-4-10-5-7-11(8-6-10)12(9-13)14-18(16,17)15(2)3/h5-8,12,14H,4H2,1-3H3. The van der Waals surface area contributed by atoms with Crippen LogP contribution in [0.4, 0.5) is 0 Å². The first-order chi connectivity index (χ1) is 8.40. The van der Waals surface area contributed by atoms with Gasteiger partial charge in [-0.25, -0.2) is 0 Å². The lowest BCUT2D eigenvalue weighted by atomic mass is 10.1. The fraction of sp³-hybridized carbons (Fsp3) is 0.417. The van der Waals surface area contributed by atoms with Crippen molar-refractivity contribution in [2.75, 3.05) is 14.1 Å². The Morgan fingerprint density at radius 2 is 1.89 bits per heavy atom. The predicted molar refractivity (Wildman–Crippen MR) is 69.9 cm³/mol. The molecule has 0 fully saturated rings. The van der Waals surface area contributed by atoms with E-state index in [9.17, 15) is 8.42 Å². The van der Waals surface area contributed by atoms with Gasteiger partial charge in [-0.1, -0.05) is 31.2 Å². The molecule has 1 N–H and O–H groups in total. The second-order valence-corrected chi connectivity index (χ2v) is 5.98. The van der Waals surface area contributed by atoms with Crippen LogP contribution in [0.1, 0.15) is 24.1 Å². The van der Waals surface area contributed by atoms with E-state index < -0.39 is 16.3 Å². The van der Waals surface area contributed by atoms with Crippen LogP contribution in [-0.4, -0.2) is 26.8 Å². The topological polar surface area (TPSA) is 73.2 Å². The highest BCUT2D eigenvalue weighted by Crippen LogP contribution is 2.15. The van der Waals surface area contributed by atoms with Crippen molar-refractivity contribution in [2.24, 2.45) is 0 Å². The van der Waals surface area contributed by atoms with Crippen LogP contribution >= 0.6 is 0 Å². The summed E-state index contributed by atoms with van der Waals surface area (Å²) < 4.78 is 26.7. The van der Waals surface area contributed by atoms with Crippen LogP contribution in [0.15, 0.2) is 24.3 Å². The summed E-state index contributed by atoms with van der Waals surface area (Å²) in [4.78, 5) is 0. The van der Waals surface area contributed by atoms with Crippen molar-refractivity contribution >= 4 is 10.2 Å². The molecule has 0 radical (unpaired) electrons. The van der Waals surface area contributed by atoms with E-state index in [1.54, 1.807) is 12.1 Å². The average Bonchev–Trinajstić information content (AvgIpc) is 2.36. The van der Waals surface area contributed by atoms with Crippen molar-refractivity contribution in [1.82, 2.24) is 9.03 Å². The summed E-state index contributed by atoms with van der Waals surface area (Å²) in [5.41, 5.74) is 1.78. The van der Waals surface area contributed by atoms with Gasteiger partial charge >= 0.3 is 0 Å². The minimum Gasteiger partial charge on any atom is -0.196 e. The first-order valence-corrected chi connectivity index (χ1v) is 7.03. The molecule has 0 saturated carbocycles. The van der Waals surface area contributed by atoms with E-state index in [-0.39, 0.29) is 0 Å². The zero-order chi connectivity index (χ0) is 13.8. The lowest BCUT2D eigenvalue weighted by Crippen LogP contribution is -2.37. The van der Waals surface area contributed by atoms with Gasteiger partial charge < -0.3 is 0 Å². The number of hydrogen-bond acceptors (Lipinski definition) is 3. The Kier molecular flexibility index (Phi) is 4.84. The van der Waals surface area contributed by atoms with Gasteiger partial charge in [-0.15, -0.1) is 0 Å². The largest absolute Gasteiger partial charge is 0.280 e. The summed E-state index contributed by atoms with van der Waals surface area (Å²) in [6.45, 7) is 2.03. The summed E-state index contributed by atoms with van der Waals surface area (Å²) in [6.07, 6.45) is 0.904. The van der Waals surface area contributed by atoms with Crippen molar-refractivity contribution in [3.8, 4) is 6.07 Å². The van der Waals surface area contributed by atoms with Crippen molar-refractivity contribution in [2.45, 2.75) is 19.4 Å². The number of aryl methyl sites for hydroxylation is 1. The highest BCUT2D eigenvalue weighted by Gasteiger charge is 2.20. The number of nitrogens with zero attached hydrogens (tertiary/aromatic N) is 2. The van der Waals surface area contributed by atoms with Crippen LogP contribution in [0.2, 0.25) is 0 Å². The quantitative estimate of drug-likeness (QED) is 0.871. The van der Waals surface area contributed by atoms with Crippen LogP contribution in [0, 0.1) is 11.3 Å². The molecular weight excluding hydrogens is 250 g/mol. The number of nitriles is 1. The third kappa shape index (κ3) is 3.53. The van der Waals surface area contributed by atoms with Gasteiger partial charge in [-0.2, -0.15) is 22.7 Å². The lowest BCUT2D eigenvalue weighted by Gasteiger charge is -2.16. The Labute approximate surface area is 108 Å². The van der Waals surface area contributed by atoms with Crippen molar-refractivity contribution in [3.05, 3.63) is 35.4 Å². The molecule has 0 aliphatic carbocycles. The Morgan fingerprint density at radius 1 is 1.33 bits per heavy atom. The maximum atomic E-state index is 11.7. The zero-order valence-corrected chi connectivity index (χ0v) is 11.5. The maximum Gasteiger partial charge on any atom is 0.280 e. The van der Waals surface area contributed by atoms with Gasteiger partial charge in [0.1, 0.15) is 6.04 Å². The van der Waals surface area contributed by atoms with E-state index in [1.165, 1.54) is 14.1 Å². The van der Waals surface area contributed by atoms with Crippen LogP contribution in [-0.2, 0) is 16.6 Å². The number of nitrogens with one attached hydrogen (secondary N) is 1. The molecule has 1 aromatic rings. The highest BCUT2D eigenvalue weighted by molar-refractivity contribution is 7.87. The summed E-state index contributed by atoms with van der Waals surface area (Å²) in [5, 5.41) is 9.06. The molecule has 0 amide bonds. The lowest BCUT2D eigenvalue weighted by molar-refractivity contribution is 0.500. The molecule has 18 heavy (non-hydrogen) atoms. The van der Waals surface area contributed by atoms with Gasteiger partial charge in [0, 0.05) is 14.1 Å². The van der Waals surface area contributed by atoms with Gasteiger partial charge in [-0.3, -0.25) is 0 Å². The molecule has 0 heterocycles. The normalized spacial score (nSPS) is 13.3. The van der Waals surface area contributed by atoms with E-state index in [4.69, 9.17) is 5.26 Å². The molecular formula is C12H17N3O2S. The molecule has 5 nitrogen and oxygen atoms in total. The van der Waals surface area contributed by atoms with E-state index in [0.29, 0.717) is 5.56 Å². The third-order valence-electron chi connectivity index (χ3n) is 2.60. The first kappa shape index (κ1) is 14.6. The van der Waals surface area contributed by atoms with Crippen LogP contribution in [0.3, 0.4) is 0 Å². The summed E-state index contributed by atoms with van der Waals surface area (Å²) in [5.74, 6) is 0. The minimum atomic E-state index is -3.61. The van der Waals surface area contributed by atoms with Gasteiger partial charge in [0.2, 0.25) is 0 Å². The minimum absolute atomic E-state index is 0.639. The Morgan fingerprint density at radius 3 is 2.28 bits per heavy atom. The van der Waals surface area contributed by atoms with E-state index in [0.717, 1.165) is 16.3 Å². The van der Waals surface area contributed by atoms with E-state index >= 15 is 0 Å². The van der Waals surface area contributed by atoms with Crippen molar-refractivity contribution in [1.29, 1.82) is 5.26 Å². The molecule has 0 spiro atoms. The smallest absolute Gasteiger partial charge is 0.196 e. The Balaban J connectivity index is 2.94. The van der Waals surface area contributed by atoms with Gasteiger partial charge in [0.25, 0.3) is 10.2 Å². The van der Waals surface area contributed by atoms with Crippen molar-refractivity contribution in [3.63, 3.8) is 0 Å². The van der Waals surface area contributed by atoms with Crippen LogP contribution in [0.5, 0.6) is 0 Å². The van der Waals surface area contributed by atoms with E-state index in [2.05, 4.69) is 4.72 Å². The third-order valence-corrected chi connectivity index (χ3v) is 4.09. The SMILES string of the molecule is CCc1ccc(C(C#N)NS(=O)(=O)N(C)C)cc1. The number of rotatable bonds is 5. The first-order valence-electron chi connectivity index (χ1n) is 5.59. The molecule has 1 atom stereocenters.